The van der Waals surface area contributed by atoms with E-state index < -0.39 is 6.10 Å². The third-order valence-corrected chi connectivity index (χ3v) is 4.03. The van der Waals surface area contributed by atoms with Gasteiger partial charge in [-0.3, -0.25) is 0 Å². The van der Waals surface area contributed by atoms with Crippen molar-refractivity contribution in [1.29, 1.82) is 0 Å². The molecule has 1 unspecified atom stereocenters. The Bertz CT molecular complexity index is 277. The third kappa shape index (κ3) is 3.35. The van der Waals surface area contributed by atoms with Crippen LogP contribution in [0.15, 0.2) is 10.5 Å². The smallest absolute Gasteiger partial charge is 0.111 e. The van der Waals surface area contributed by atoms with E-state index in [0.717, 1.165) is 9.35 Å². The Labute approximate surface area is 97.0 Å². The number of hydrogen-bond donors (Lipinski definition) is 1. The predicted molar refractivity (Wildman–Crippen MR) is 62.8 cm³/mol. The third-order valence-electron chi connectivity index (χ3n) is 1.79. The van der Waals surface area contributed by atoms with Crippen molar-refractivity contribution in [1.82, 2.24) is 0 Å². The number of ether oxygens (including phenoxy) is 1. The van der Waals surface area contributed by atoms with Gasteiger partial charge in [-0.1, -0.05) is 0 Å². The van der Waals surface area contributed by atoms with Gasteiger partial charge in [-0.15, -0.1) is 11.3 Å². The fraction of sp³-hybridized carbons (Fsp3) is 0.600. The lowest BCUT2D eigenvalue weighted by Crippen LogP contribution is -2.10. The molecule has 1 heterocycles. The molecule has 0 spiro atoms. The summed E-state index contributed by atoms with van der Waals surface area (Å²) in [7, 11) is 0. The Kier molecular flexibility index (Phi) is 4.57. The minimum atomic E-state index is -0.507. The van der Waals surface area contributed by atoms with Crippen molar-refractivity contribution in [3.05, 3.63) is 20.3 Å². The monoisotopic (exact) mass is 278 g/mol. The highest BCUT2D eigenvalue weighted by atomic mass is 79.9. The summed E-state index contributed by atoms with van der Waals surface area (Å²) in [5.74, 6) is 0. The molecule has 0 saturated carbocycles. The van der Waals surface area contributed by atoms with E-state index in [1.165, 1.54) is 4.88 Å². The second-order valence-corrected chi connectivity index (χ2v) is 5.59. The van der Waals surface area contributed by atoms with Gasteiger partial charge in [0.15, 0.2) is 0 Å². The molecule has 0 bridgehead atoms. The number of thiophene rings is 1. The van der Waals surface area contributed by atoms with Gasteiger partial charge in [0, 0.05) is 14.2 Å². The standard InChI is InChI=1S/C10H15BrO2S/c1-6(2)13-5-9(12)10-4-8(11)7(3)14-10/h4,6,9,12H,5H2,1-3H3. The molecule has 0 aliphatic heterocycles. The van der Waals surface area contributed by atoms with Crippen LogP contribution in [0.5, 0.6) is 0 Å². The van der Waals surface area contributed by atoms with E-state index in [-0.39, 0.29) is 6.10 Å². The molecule has 0 aliphatic rings. The second-order valence-electron chi connectivity index (χ2n) is 3.45. The molecule has 14 heavy (non-hydrogen) atoms. The largest absolute Gasteiger partial charge is 0.385 e. The van der Waals surface area contributed by atoms with Crippen molar-refractivity contribution in [2.45, 2.75) is 33.0 Å². The molecule has 0 aromatic carbocycles. The lowest BCUT2D eigenvalue weighted by atomic mass is 10.3. The van der Waals surface area contributed by atoms with Gasteiger partial charge in [0.2, 0.25) is 0 Å². The second kappa shape index (κ2) is 5.26. The van der Waals surface area contributed by atoms with Crippen molar-refractivity contribution in [2.75, 3.05) is 6.61 Å². The molecular weight excluding hydrogens is 264 g/mol. The van der Waals surface area contributed by atoms with E-state index in [1.807, 2.05) is 26.8 Å². The minimum Gasteiger partial charge on any atom is -0.385 e. The Morgan fingerprint density at radius 3 is 2.64 bits per heavy atom. The van der Waals surface area contributed by atoms with Gasteiger partial charge in [0.05, 0.1) is 12.7 Å². The maximum absolute atomic E-state index is 9.77. The van der Waals surface area contributed by atoms with Crippen LogP contribution in [0.2, 0.25) is 0 Å². The Morgan fingerprint density at radius 1 is 1.57 bits per heavy atom. The van der Waals surface area contributed by atoms with Crippen molar-refractivity contribution >= 4 is 27.3 Å². The highest BCUT2D eigenvalue weighted by Gasteiger charge is 2.12. The fourth-order valence-corrected chi connectivity index (χ4v) is 2.54. The zero-order valence-corrected chi connectivity index (χ0v) is 11.0. The molecule has 0 aliphatic carbocycles. The molecule has 0 saturated heterocycles. The van der Waals surface area contributed by atoms with Crippen LogP contribution in [0.25, 0.3) is 0 Å². The zero-order valence-electron chi connectivity index (χ0n) is 8.58. The topological polar surface area (TPSA) is 29.5 Å². The van der Waals surface area contributed by atoms with Crippen molar-refractivity contribution in [3.63, 3.8) is 0 Å². The van der Waals surface area contributed by atoms with Crippen LogP contribution in [-0.4, -0.2) is 17.8 Å². The summed E-state index contributed by atoms with van der Waals surface area (Å²) in [6.45, 7) is 6.31. The van der Waals surface area contributed by atoms with Gasteiger partial charge < -0.3 is 9.84 Å². The van der Waals surface area contributed by atoms with E-state index in [0.29, 0.717) is 6.61 Å². The molecule has 2 nitrogen and oxygen atoms in total. The van der Waals surface area contributed by atoms with Crippen LogP contribution in [0, 0.1) is 6.92 Å². The summed E-state index contributed by atoms with van der Waals surface area (Å²) in [5.41, 5.74) is 0. The van der Waals surface area contributed by atoms with Crippen LogP contribution >= 0.6 is 27.3 Å². The normalized spacial score (nSPS) is 13.6. The van der Waals surface area contributed by atoms with Crippen LogP contribution < -0.4 is 0 Å². The minimum absolute atomic E-state index is 0.161. The Hall–Kier alpha value is 0.100. The highest BCUT2D eigenvalue weighted by molar-refractivity contribution is 9.10. The number of aliphatic hydroxyl groups is 1. The summed E-state index contributed by atoms with van der Waals surface area (Å²) in [6.07, 6.45) is -0.346. The maximum atomic E-state index is 9.77. The van der Waals surface area contributed by atoms with Crippen LogP contribution in [0.4, 0.5) is 0 Å². The van der Waals surface area contributed by atoms with Crippen molar-refractivity contribution in [2.24, 2.45) is 0 Å². The zero-order chi connectivity index (χ0) is 10.7. The van der Waals surface area contributed by atoms with Gasteiger partial charge in [-0.05, 0) is 42.8 Å². The molecule has 1 aromatic rings. The SMILES string of the molecule is Cc1sc(C(O)COC(C)C)cc1Br. The molecule has 1 atom stereocenters. The first-order valence-corrected chi connectivity index (χ1v) is 6.17. The average molecular weight is 279 g/mol. The number of hydrogen-bond acceptors (Lipinski definition) is 3. The number of rotatable bonds is 4. The lowest BCUT2D eigenvalue weighted by Gasteiger charge is -2.11. The lowest BCUT2D eigenvalue weighted by molar-refractivity contribution is 0.00632. The number of aliphatic hydroxyl groups excluding tert-OH is 1. The molecular formula is C10H15BrO2S. The molecule has 4 heteroatoms. The van der Waals surface area contributed by atoms with Gasteiger partial charge in [-0.2, -0.15) is 0 Å². The Balaban J connectivity index is 2.56. The summed E-state index contributed by atoms with van der Waals surface area (Å²) in [5, 5.41) is 9.77. The van der Waals surface area contributed by atoms with Gasteiger partial charge >= 0.3 is 0 Å². The molecule has 0 amide bonds. The molecule has 1 rings (SSSR count). The summed E-state index contributed by atoms with van der Waals surface area (Å²) in [4.78, 5) is 2.14. The number of aryl methyl sites for hydroxylation is 1. The average Bonchev–Trinajstić information content (AvgIpc) is 2.43. The fourth-order valence-electron chi connectivity index (χ4n) is 1.01. The predicted octanol–water partition coefficient (Wildman–Crippen LogP) is 3.28. The molecule has 1 aromatic heterocycles. The van der Waals surface area contributed by atoms with E-state index in [4.69, 9.17) is 4.74 Å². The van der Waals surface area contributed by atoms with Gasteiger partial charge in [0.1, 0.15) is 6.10 Å². The first kappa shape index (κ1) is 12.2. The Morgan fingerprint density at radius 2 is 2.21 bits per heavy atom. The van der Waals surface area contributed by atoms with Gasteiger partial charge in [0.25, 0.3) is 0 Å². The van der Waals surface area contributed by atoms with E-state index in [1.54, 1.807) is 11.3 Å². The molecule has 0 fully saturated rings. The van der Waals surface area contributed by atoms with E-state index in [9.17, 15) is 5.11 Å². The van der Waals surface area contributed by atoms with Crippen LogP contribution in [0.3, 0.4) is 0 Å². The van der Waals surface area contributed by atoms with Gasteiger partial charge in [-0.25, -0.2) is 0 Å². The molecule has 0 radical (unpaired) electrons. The molecule has 80 valence electrons. The summed E-state index contributed by atoms with van der Waals surface area (Å²) >= 11 is 5.02. The maximum Gasteiger partial charge on any atom is 0.111 e. The van der Waals surface area contributed by atoms with E-state index >= 15 is 0 Å². The highest BCUT2D eigenvalue weighted by Crippen LogP contribution is 2.30. The van der Waals surface area contributed by atoms with Crippen LogP contribution in [0.1, 0.15) is 29.7 Å². The summed E-state index contributed by atoms with van der Waals surface area (Å²) < 4.78 is 6.41. The van der Waals surface area contributed by atoms with Crippen molar-refractivity contribution in [3.8, 4) is 0 Å². The quantitative estimate of drug-likeness (QED) is 0.916. The first-order valence-electron chi connectivity index (χ1n) is 4.56. The summed E-state index contributed by atoms with van der Waals surface area (Å²) in [6, 6.07) is 1.95. The van der Waals surface area contributed by atoms with Crippen molar-refractivity contribution < 1.29 is 9.84 Å². The molecule has 1 N–H and O–H groups in total. The number of halogens is 1. The van der Waals surface area contributed by atoms with Crippen LogP contribution in [-0.2, 0) is 4.74 Å². The van der Waals surface area contributed by atoms with E-state index in [2.05, 4.69) is 15.9 Å². The first-order chi connectivity index (χ1) is 6.50.